The van der Waals surface area contributed by atoms with Gasteiger partial charge in [-0.3, -0.25) is 0 Å². The first-order chi connectivity index (χ1) is 15.4. The normalized spacial score (nSPS) is 11.6. The van der Waals surface area contributed by atoms with Crippen LogP contribution in [-0.2, 0) is 11.3 Å². The van der Waals surface area contributed by atoms with Gasteiger partial charge in [-0.1, -0.05) is 41.1 Å². The van der Waals surface area contributed by atoms with Crippen molar-refractivity contribution in [2.75, 3.05) is 7.11 Å². The van der Waals surface area contributed by atoms with Crippen LogP contribution >= 0.6 is 0 Å². The number of rotatable bonds is 6. The van der Waals surface area contributed by atoms with Crippen molar-refractivity contribution in [3.05, 3.63) is 100 Å². The van der Waals surface area contributed by atoms with Gasteiger partial charge in [0.05, 0.1) is 12.7 Å². The predicted molar refractivity (Wildman–Crippen MR) is 126 cm³/mol. The number of ether oxygens (including phenoxy) is 1. The fourth-order valence-electron chi connectivity index (χ4n) is 3.82. The smallest absolute Gasteiger partial charge is 0.365 e. The van der Waals surface area contributed by atoms with Crippen molar-refractivity contribution in [3.8, 4) is 5.75 Å². The summed E-state index contributed by atoms with van der Waals surface area (Å²) in [6.07, 6.45) is 0.480. The van der Waals surface area contributed by atoms with Crippen LogP contribution in [-0.4, -0.2) is 18.8 Å². The van der Waals surface area contributed by atoms with E-state index in [1.165, 1.54) is 5.56 Å². The van der Waals surface area contributed by atoms with Gasteiger partial charge in [-0.2, -0.15) is 0 Å². The van der Waals surface area contributed by atoms with Crippen LogP contribution in [0.2, 0.25) is 0 Å². The molecule has 0 bridgehead atoms. The molecule has 0 amide bonds. The first kappa shape index (κ1) is 21.4. The molecular weight excluding hydrogens is 402 g/mol. The lowest BCUT2D eigenvalue weighted by Gasteiger charge is -2.12. The molecule has 0 unspecified atom stereocenters. The maximum absolute atomic E-state index is 12.6. The number of para-hydroxylation sites is 1. The van der Waals surface area contributed by atoms with Crippen molar-refractivity contribution in [2.45, 2.75) is 27.2 Å². The minimum absolute atomic E-state index is 0.390. The standard InChI is InChI=1S/C27H25NO4/c1-17-13-18(2)23(19(3)14-17)16-24(26-15-21-7-5-6-8-25(21)31-26)28-32-27(29)20-9-11-22(30-4)12-10-20/h5-15H,16H2,1-4H3/b28-24+. The molecule has 0 aliphatic carbocycles. The Kier molecular flexibility index (Phi) is 6.08. The molecule has 162 valence electrons. The Hall–Kier alpha value is -3.86. The summed E-state index contributed by atoms with van der Waals surface area (Å²) in [7, 11) is 1.58. The quantitative estimate of drug-likeness (QED) is 0.210. The number of hydrogen-bond donors (Lipinski definition) is 0. The summed E-state index contributed by atoms with van der Waals surface area (Å²) in [6.45, 7) is 6.23. The Labute approximate surface area is 187 Å². The summed E-state index contributed by atoms with van der Waals surface area (Å²) in [5, 5.41) is 5.22. The number of carbonyl (C=O) groups excluding carboxylic acids is 1. The van der Waals surface area contributed by atoms with Gasteiger partial charge >= 0.3 is 5.97 Å². The minimum Gasteiger partial charge on any atom is -0.497 e. The van der Waals surface area contributed by atoms with Gasteiger partial charge in [-0.05, 0) is 73.9 Å². The van der Waals surface area contributed by atoms with E-state index >= 15 is 0 Å². The van der Waals surface area contributed by atoms with E-state index in [1.807, 2.05) is 30.3 Å². The topological polar surface area (TPSA) is 61.0 Å². The highest BCUT2D eigenvalue weighted by atomic mass is 16.7. The highest BCUT2D eigenvalue weighted by Gasteiger charge is 2.17. The Balaban J connectivity index is 1.68. The Morgan fingerprint density at radius 3 is 2.28 bits per heavy atom. The Morgan fingerprint density at radius 1 is 0.938 bits per heavy atom. The van der Waals surface area contributed by atoms with Crippen molar-refractivity contribution in [3.63, 3.8) is 0 Å². The molecule has 0 saturated heterocycles. The molecule has 0 saturated carbocycles. The first-order valence-electron chi connectivity index (χ1n) is 10.4. The van der Waals surface area contributed by atoms with E-state index in [9.17, 15) is 4.79 Å². The number of aryl methyl sites for hydroxylation is 3. The summed E-state index contributed by atoms with van der Waals surface area (Å²) >= 11 is 0. The third kappa shape index (κ3) is 4.57. The van der Waals surface area contributed by atoms with Gasteiger partial charge in [0, 0.05) is 11.8 Å². The van der Waals surface area contributed by atoms with E-state index in [0.29, 0.717) is 29.2 Å². The molecular formula is C27H25NO4. The molecule has 32 heavy (non-hydrogen) atoms. The molecule has 3 aromatic carbocycles. The molecule has 5 heteroatoms. The first-order valence-corrected chi connectivity index (χ1v) is 10.4. The fraction of sp³-hybridized carbons (Fsp3) is 0.185. The van der Waals surface area contributed by atoms with Crippen molar-refractivity contribution in [2.24, 2.45) is 5.16 Å². The zero-order chi connectivity index (χ0) is 22.7. The van der Waals surface area contributed by atoms with Gasteiger partial charge in [-0.15, -0.1) is 0 Å². The SMILES string of the molecule is COc1ccc(C(=O)O/N=C(\Cc2c(C)cc(C)cc2C)c2cc3ccccc3o2)cc1. The van der Waals surface area contributed by atoms with Crippen LogP contribution in [0.1, 0.15) is 38.4 Å². The lowest BCUT2D eigenvalue weighted by Crippen LogP contribution is -2.10. The van der Waals surface area contributed by atoms with Crippen molar-refractivity contribution >= 4 is 22.7 Å². The summed E-state index contributed by atoms with van der Waals surface area (Å²) in [4.78, 5) is 17.9. The molecule has 0 aliphatic heterocycles. The van der Waals surface area contributed by atoms with Gasteiger partial charge < -0.3 is 14.0 Å². The van der Waals surface area contributed by atoms with Gasteiger partial charge in [0.15, 0.2) is 5.76 Å². The lowest BCUT2D eigenvalue weighted by atomic mass is 9.95. The maximum atomic E-state index is 12.6. The van der Waals surface area contributed by atoms with Crippen LogP contribution in [0.15, 0.2) is 76.3 Å². The van der Waals surface area contributed by atoms with Gasteiger partial charge in [-0.25, -0.2) is 4.79 Å². The summed E-state index contributed by atoms with van der Waals surface area (Å²) in [5.74, 6) is 0.699. The zero-order valence-electron chi connectivity index (χ0n) is 18.6. The van der Waals surface area contributed by atoms with Crippen LogP contribution in [0.4, 0.5) is 0 Å². The molecule has 0 aliphatic rings. The average Bonchev–Trinajstić information content (AvgIpc) is 3.22. The summed E-state index contributed by atoms with van der Waals surface area (Å²) in [5.41, 5.74) is 6.36. The summed E-state index contributed by atoms with van der Waals surface area (Å²) in [6, 6.07) is 20.7. The molecule has 0 N–H and O–H groups in total. The molecule has 0 radical (unpaired) electrons. The van der Waals surface area contributed by atoms with Crippen LogP contribution in [0, 0.1) is 20.8 Å². The highest BCUT2D eigenvalue weighted by Crippen LogP contribution is 2.24. The van der Waals surface area contributed by atoms with E-state index < -0.39 is 5.97 Å². The van der Waals surface area contributed by atoms with Crippen LogP contribution in [0.5, 0.6) is 5.75 Å². The second-order valence-corrected chi connectivity index (χ2v) is 7.85. The van der Waals surface area contributed by atoms with Gasteiger partial charge in [0.1, 0.15) is 17.0 Å². The van der Waals surface area contributed by atoms with E-state index in [2.05, 4.69) is 38.1 Å². The number of carbonyl (C=O) groups is 1. The number of hydrogen-bond acceptors (Lipinski definition) is 5. The van der Waals surface area contributed by atoms with E-state index in [4.69, 9.17) is 14.0 Å². The second kappa shape index (κ2) is 9.10. The van der Waals surface area contributed by atoms with Crippen molar-refractivity contribution in [1.82, 2.24) is 0 Å². The Morgan fingerprint density at radius 2 is 1.62 bits per heavy atom. The molecule has 0 fully saturated rings. The van der Waals surface area contributed by atoms with E-state index in [0.717, 1.165) is 27.7 Å². The molecule has 0 atom stereocenters. The van der Waals surface area contributed by atoms with Crippen molar-refractivity contribution < 1.29 is 18.8 Å². The third-order valence-corrected chi connectivity index (χ3v) is 5.46. The highest BCUT2D eigenvalue weighted by molar-refractivity contribution is 6.03. The number of methoxy groups -OCH3 is 1. The molecule has 0 spiro atoms. The van der Waals surface area contributed by atoms with Crippen molar-refractivity contribution in [1.29, 1.82) is 0 Å². The predicted octanol–water partition coefficient (Wildman–Crippen LogP) is 6.17. The molecule has 4 aromatic rings. The number of nitrogens with zero attached hydrogens (tertiary/aromatic N) is 1. The van der Waals surface area contributed by atoms with Crippen LogP contribution < -0.4 is 4.74 Å². The van der Waals surface area contributed by atoms with Gasteiger partial charge in [0.2, 0.25) is 0 Å². The molecule has 5 nitrogen and oxygen atoms in total. The Bertz CT molecular complexity index is 1240. The molecule has 1 heterocycles. The van der Waals surface area contributed by atoms with Crippen LogP contribution in [0.3, 0.4) is 0 Å². The lowest BCUT2D eigenvalue weighted by molar-refractivity contribution is 0.0515. The van der Waals surface area contributed by atoms with Gasteiger partial charge in [0.25, 0.3) is 0 Å². The third-order valence-electron chi connectivity index (χ3n) is 5.46. The average molecular weight is 428 g/mol. The maximum Gasteiger partial charge on any atom is 0.365 e. The van der Waals surface area contributed by atoms with Crippen LogP contribution in [0.25, 0.3) is 11.0 Å². The monoisotopic (exact) mass is 427 g/mol. The zero-order valence-corrected chi connectivity index (χ0v) is 18.6. The van der Waals surface area contributed by atoms with E-state index in [-0.39, 0.29) is 0 Å². The molecule has 4 rings (SSSR count). The molecule has 1 aromatic heterocycles. The summed E-state index contributed by atoms with van der Waals surface area (Å²) < 4.78 is 11.2. The number of furan rings is 1. The number of fused-ring (bicyclic) bond motifs is 1. The number of oxime groups is 1. The number of benzene rings is 3. The fourth-order valence-corrected chi connectivity index (χ4v) is 3.82. The second-order valence-electron chi connectivity index (χ2n) is 7.85. The van der Waals surface area contributed by atoms with E-state index in [1.54, 1.807) is 31.4 Å². The largest absolute Gasteiger partial charge is 0.497 e. The minimum atomic E-state index is -0.543.